The number of carbonyl (C=O) groups is 1. The molecule has 0 bridgehead atoms. The molecule has 31 heavy (non-hydrogen) atoms. The molecule has 1 saturated carbocycles. The van der Waals surface area contributed by atoms with Crippen LogP contribution < -0.4 is 10.6 Å². The average molecular weight is 419 g/mol. The lowest BCUT2D eigenvalue weighted by atomic mass is 9.93. The van der Waals surface area contributed by atoms with E-state index in [0.29, 0.717) is 28.9 Å². The lowest BCUT2D eigenvalue weighted by Gasteiger charge is -2.27. The molecule has 8 nitrogen and oxygen atoms in total. The SMILES string of the molecule is CC(C)Nc1cc(-c2ccc3cc(C#N)cnn23)ncc1C(=O)N[C@@H]1CCC[C@H](O)C1. The number of anilines is 1. The summed E-state index contributed by atoms with van der Waals surface area (Å²) >= 11 is 0. The predicted octanol–water partition coefficient (Wildman–Crippen LogP) is 3.12. The molecule has 0 radical (unpaired) electrons. The largest absolute Gasteiger partial charge is 0.393 e. The van der Waals surface area contributed by atoms with Gasteiger partial charge in [-0.1, -0.05) is 0 Å². The van der Waals surface area contributed by atoms with Gasteiger partial charge in [-0.05, 0) is 63.8 Å². The van der Waals surface area contributed by atoms with Crippen molar-refractivity contribution in [1.29, 1.82) is 5.26 Å². The van der Waals surface area contributed by atoms with E-state index in [1.54, 1.807) is 16.8 Å². The average Bonchev–Trinajstić information content (AvgIpc) is 3.16. The van der Waals surface area contributed by atoms with Crippen molar-refractivity contribution in [3.63, 3.8) is 0 Å². The van der Waals surface area contributed by atoms with Gasteiger partial charge in [0, 0.05) is 18.3 Å². The van der Waals surface area contributed by atoms with Crippen LogP contribution in [0.1, 0.15) is 55.5 Å². The molecule has 0 unspecified atom stereocenters. The summed E-state index contributed by atoms with van der Waals surface area (Å²) in [6, 6.07) is 9.59. The summed E-state index contributed by atoms with van der Waals surface area (Å²) in [6.07, 6.45) is 5.89. The third-order valence-corrected chi connectivity index (χ3v) is 5.47. The predicted molar refractivity (Wildman–Crippen MR) is 118 cm³/mol. The fourth-order valence-corrected chi connectivity index (χ4v) is 4.02. The number of nitriles is 1. The van der Waals surface area contributed by atoms with Crippen molar-refractivity contribution in [2.45, 2.75) is 57.7 Å². The topological polar surface area (TPSA) is 115 Å². The van der Waals surface area contributed by atoms with Gasteiger partial charge in [0.25, 0.3) is 5.91 Å². The zero-order chi connectivity index (χ0) is 22.0. The van der Waals surface area contributed by atoms with E-state index in [1.807, 2.05) is 32.0 Å². The van der Waals surface area contributed by atoms with E-state index >= 15 is 0 Å². The van der Waals surface area contributed by atoms with Crippen LogP contribution in [0.4, 0.5) is 5.69 Å². The third kappa shape index (κ3) is 4.52. The summed E-state index contributed by atoms with van der Waals surface area (Å²) in [6.45, 7) is 4.02. The number of pyridine rings is 1. The van der Waals surface area contributed by atoms with Gasteiger partial charge in [-0.3, -0.25) is 9.78 Å². The van der Waals surface area contributed by atoms with Crippen LogP contribution >= 0.6 is 0 Å². The van der Waals surface area contributed by atoms with Crippen LogP contribution in [0, 0.1) is 11.3 Å². The van der Waals surface area contributed by atoms with Crippen LogP contribution in [0.2, 0.25) is 0 Å². The molecule has 1 aliphatic rings. The highest BCUT2D eigenvalue weighted by molar-refractivity contribution is 6.00. The molecular weight excluding hydrogens is 392 g/mol. The summed E-state index contributed by atoms with van der Waals surface area (Å²) in [5.41, 5.74) is 3.90. The number of hydrogen-bond acceptors (Lipinski definition) is 6. The van der Waals surface area contributed by atoms with Gasteiger partial charge in [-0.2, -0.15) is 10.4 Å². The molecule has 3 aromatic rings. The zero-order valence-corrected chi connectivity index (χ0v) is 17.7. The van der Waals surface area contributed by atoms with Gasteiger partial charge in [-0.15, -0.1) is 0 Å². The molecule has 0 aliphatic heterocycles. The van der Waals surface area contributed by atoms with E-state index in [4.69, 9.17) is 5.26 Å². The van der Waals surface area contributed by atoms with Crippen molar-refractivity contribution in [1.82, 2.24) is 19.9 Å². The first-order valence-electron chi connectivity index (χ1n) is 10.6. The quantitative estimate of drug-likeness (QED) is 0.586. The highest BCUT2D eigenvalue weighted by Gasteiger charge is 2.24. The van der Waals surface area contributed by atoms with Crippen LogP contribution in [0.15, 0.2) is 36.7 Å². The van der Waals surface area contributed by atoms with Gasteiger partial charge in [0.2, 0.25) is 0 Å². The van der Waals surface area contributed by atoms with Crippen LogP contribution in [-0.4, -0.2) is 43.8 Å². The first-order valence-corrected chi connectivity index (χ1v) is 10.6. The molecule has 0 aromatic carbocycles. The number of fused-ring (bicyclic) bond motifs is 1. The molecule has 1 fully saturated rings. The summed E-state index contributed by atoms with van der Waals surface area (Å²) in [5.74, 6) is -0.196. The number of nitrogens with zero attached hydrogens (tertiary/aromatic N) is 4. The lowest BCUT2D eigenvalue weighted by Crippen LogP contribution is -2.40. The third-order valence-electron chi connectivity index (χ3n) is 5.47. The van der Waals surface area contributed by atoms with Crippen molar-refractivity contribution < 1.29 is 9.90 Å². The molecule has 160 valence electrons. The van der Waals surface area contributed by atoms with E-state index in [-0.39, 0.29) is 24.1 Å². The number of aliphatic hydroxyl groups is 1. The van der Waals surface area contributed by atoms with E-state index in [2.05, 4.69) is 26.8 Å². The molecule has 3 N–H and O–H groups in total. The molecular formula is C23H26N6O2. The Kier molecular flexibility index (Phi) is 5.87. The summed E-state index contributed by atoms with van der Waals surface area (Å²) < 4.78 is 1.73. The van der Waals surface area contributed by atoms with Crippen molar-refractivity contribution in [2.75, 3.05) is 5.32 Å². The Labute approximate surface area is 180 Å². The second-order valence-electron chi connectivity index (χ2n) is 8.32. The first kappa shape index (κ1) is 20.8. The number of carbonyl (C=O) groups excluding carboxylic acids is 1. The van der Waals surface area contributed by atoms with Crippen LogP contribution in [0.25, 0.3) is 16.9 Å². The number of nitrogens with one attached hydrogen (secondary N) is 2. The maximum absolute atomic E-state index is 13.0. The Morgan fingerprint density at radius 1 is 1.29 bits per heavy atom. The Bertz CT molecular complexity index is 1150. The molecule has 3 heterocycles. The number of hydrogen-bond donors (Lipinski definition) is 3. The van der Waals surface area contributed by atoms with E-state index in [9.17, 15) is 9.90 Å². The zero-order valence-electron chi connectivity index (χ0n) is 17.7. The van der Waals surface area contributed by atoms with E-state index in [1.165, 1.54) is 6.20 Å². The molecule has 8 heteroatoms. The van der Waals surface area contributed by atoms with Crippen molar-refractivity contribution in [3.8, 4) is 17.5 Å². The fourth-order valence-electron chi connectivity index (χ4n) is 4.02. The lowest BCUT2D eigenvalue weighted by molar-refractivity contribution is 0.0850. The van der Waals surface area contributed by atoms with Gasteiger partial charge >= 0.3 is 0 Å². The van der Waals surface area contributed by atoms with Crippen molar-refractivity contribution in [3.05, 3.63) is 47.8 Å². The van der Waals surface area contributed by atoms with Crippen LogP contribution in [-0.2, 0) is 0 Å². The van der Waals surface area contributed by atoms with E-state index in [0.717, 1.165) is 30.5 Å². The van der Waals surface area contributed by atoms with Crippen LogP contribution in [0.3, 0.4) is 0 Å². The molecule has 0 saturated heterocycles. The minimum absolute atomic E-state index is 0.0315. The number of rotatable bonds is 5. The fraction of sp³-hybridized carbons (Fsp3) is 0.391. The molecule has 3 aromatic heterocycles. The summed E-state index contributed by atoms with van der Waals surface area (Å²) in [7, 11) is 0. The Morgan fingerprint density at radius 2 is 2.13 bits per heavy atom. The highest BCUT2D eigenvalue weighted by Crippen LogP contribution is 2.26. The van der Waals surface area contributed by atoms with Gasteiger partial charge < -0.3 is 15.7 Å². The van der Waals surface area contributed by atoms with Gasteiger partial charge in [0.15, 0.2) is 0 Å². The molecule has 2 atom stereocenters. The Hall–Kier alpha value is -3.44. The molecule has 0 spiro atoms. The van der Waals surface area contributed by atoms with Crippen LogP contribution in [0.5, 0.6) is 0 Å². The Balaban J connectivity index is 1.66. The molecule has 4 rings (SSSR count). The standard InChI is InChI=1S/C23H26N6O2/c1-14(2)27-20-10-21(22-7-6-17-8-15(11-24)12-26-29(17)22)25-13-19(20)23(31)28-16-4-3-5-18(30)9-16/h6-8,10,12-14,16,18,30H,3-5,9H2,1-2H3,(H,25,27)(H,28,31)/t16-,18+/m1/s1. The number of amides is 1. The normalized spacial score (nSPS) is 18.7. The van der Waals surface area contributed by atoms with Gasteiger partial charge in [0.05, 0.1) is 46.0 Å². The smallest absolute Gasteiger partial charge is 0.255 e. The maximum atomic E-state index is 13.0. The Morgan fingerprint density at radius 3 is 2.87 bits per heavy atom. The van der Waals surface area contributed by atoms with Gasteiger partial charge in [-0.25, -0.2) is 4.52 Å². The minimum atomic E-state index is -0.357. The maximum Gasteiger partial charge on any atom is 0.255 e. The minimum Gasteiger partial charge on any atom is -0.393 e. The molecule has 1 amide bonds. The second-order valence-corrected chi connectivity index (χ2v) is 8.32. The van der Waals surface area contributed by atoms with Crippen molar-refractivity contribution in [2.24, 2.45) is 0 Å². The summed E-state index contributed by atoms with van der Waals surface area (Å²) in [5, 5.41) is 29.7. The van der Waals surface area contributed by atoms with E-state index < -0.39 is 0 Å². The highest BCUT2D eigenvalue weighted by atomic mass is 16.3. The number of aromatic nitrogens is 3. The second kappa shape index (κ2) is 8.74. The summed E-state index contributed by atoms with van der Waals surface area (Å²) in [4.78, 5) is 17.5. The van der Waals surface area contributed by atoms with Crippen molar-refractivity contribution >= 4 is 17.1 Å². The number of aliphatic hydroxyl groups excluding tert-OH is 1. The molecule has 1 aliphatic carbocycles. The monoisotopic (exact) mass is 418 g/mol. The first-order chi connectivity index (χ1) is 14.9. The van der Waals surface area contributed by atoms with Gasteiger partial charge in [0.1, 0.15) is 6.07 Å².